The number of aromatic nitrogens is 2. The molecular weight excluding hydrogens is 154 g/mol. The quantitative estimate of drug-likeness (QED) is 0.608. The standard InChI is InChI=1S/C8H11N3O/c12-7-2-4-10-8(11-7)6-1-3-9-5-6/h2,4,6,9H,1,3,5H2,(H,10,11,12). The van der Waals surface area contributed by atoms with Crippen LogP contribution in [0.1, 0.15) is 18.2 Å². The molecule has 0 spiro atoms. The molecule has 2 heterocycles. The van der Waals surface area contributed by atoms with E-state index >= 15 is 0 Å². The second kappa shape index (κ2) is 3.06. The maximum Gasteiger partial charge on any atom is 0.250 e. The van der Waals surface area contributed by atoms with Gasteiger partial charge in [0.25, 0.3) is 5.56 Å². The molecule has 0 bridgehead atoms. The Hall–Kier alpha value is -1.16. The van der Waals surface area contributed by atoms with Crippen molar-refractivity contribution in [2.24, 2.45) is 0 Å². The lowest BCUT2D eigenvalue weighted by Gasteiger charge is -2.04. The van der Waals surface area contributed by atoms with Gasteiger partial charge in [0.05, 0.1) is 0 Å². The summed E-state index contributed by atoms with van der Waals surface area (Å²) in [5, 5.41) is 3.23. The van der Waals surface area contributed by atoms with E-state index in [2.05, 4.69) is 15.3 Å². The summed E-state index contributed by atoms with van der Waals surface area (Å²) in [7, 11) is 0. The highest BCUT2D eigenvalue weighted by atomic mass is 16.1. The normalized spacial score (nSPS) is 22.8. The molecule has 4 heteroatoms. The highest BCUT2D eigenvalue weighted by Crippen LogP contribution is 2.16. The Balaban J connectivity index is 2.27. The van der Waals surface area contributed by atoms with E-state index < -0.39 is 0 Å². The molecule has 0 aromatic carbocycles. The molecule has 1 fully saturated rings. The van der Waals surface area contributed by atoms with Crippen LogP contribution in [-0.4, -0.2) is 23.1 Å². The molecule has 0 amide bonds. The lowest BCUT2D eigenvalue weighted by Crippen LogP contribution is -2.14. The highest BCUT2D eigenvalue weighted by molar-refractivity contribution is 5.00. The summed E-state index contributed by atoms with van der Waals surface area (Å²) in [6.45, 7) is 1.94. The number of nitrogens with zero attached hydrogens (tertiary/aromatic N) is 1. The van der Waals surface area contributed by atoms with Crippen LogP contribution in [0.3, 0.4) is 0 Å². The van der Waals surface area contributed by atoms with Crippen LogP contribution in [0, 0.1) is 0 Å². The van der Waals surface area contributed by atoms with Gasteiger partial charge >= 0.3 is 0 Å². The minimum absolute atomic E-state index is 0.0631. The van der Waals surface area contributed by atoms with E-state index in [9.17, 15) is 4.79 Å². The third-order valence-corrected chi connectivity index (χ3v) is 2.14. The zero-order valence-electron chi connectivity index (χ0n) is 6.71. The maximum atomic E-state index is 10.9. The van der Waals surface area contributed by atoms with Crippen LogP contribution in [0.5, 0.6) is 0 Å². The maximum absolute atomic E-state index is 10.9. The predicted molar refractivity (Wildman–Crippen MR) is 45.1 cm³/mol. The van der Waals surface area contributed by atoms with Crippen molar-refractivity contribution in [3.05, 3.63) is 28.4 Å². The second-order valence-corrected chi connectivity index (χ2v) is 3.01. The van der Waals surface area contributed by atoms with Gasteiger partial charge in [-0.2, -0.15) is 0 Å². The van der Waals surface area contributed by atoms with Crippen molar-refractivity contribution in [2.75, 3.05) is 13.1 Å². The van der Waals surface area contributed by atoms with Crippen LogP contribution < -0.4 is 10.9 Å². The van der Waals surface area contributed by atoms with Gasteiger partial charge < -0.3 is 10.3 Å². The van der Waals surface area contributed by atoms with Crippen LogP contribution in [-0.2, 0) is 0 Å². The van der Waals surface area contributed by atoms with Gasteiger partial charge in [-0.05, 0) is 13.0 Å². The minimum Gasteiger partial charge on any atom is -0.316 e. The number of rotatable bonds is 1. The van der Waals surface area contributed by atoms with Crippen molar-refractivity contribution in [3.63, 3.8) is 0 Å². The van der Waals surface area contributed by atoms with Crippen molar-refractivity contribution in [1.82, 2.24) is 15.3 Å². The molecule has 1 atom stereocenters. The average Bonchev–Trinajstić information content (AvgIpc) is 2.56. The summed E-state index contributed by atoms with van der Waals surface area (Å²) in [6, 6.07) is 1.44. The Morgan fingerprint density at radius 3 is 3.17 bits per heavy atom. The fraction of sp³-hybridized carbons (Fsp3) is 0.500. The largest absolute Gasteiger partial charge is 0.316 e. The number of hydrogen-bond donors (Lipinski definition) is 2. The van der Waals surface area contributed by atoms with Gasteiger partial charge in [0, 0.05) is 24.7 Å². The lowest BCUT2D eigenvalue weighted by molar-refractivity contribution is 0.697. The van der Waals surface area contributed by atoms with Gasteiger partial charge in [-0.3, -0.25) is 4.79 Å². The van der Waals surface area contributed by atoms with E-state index in [4.69, 9.17) is 0 Å². The fourth-order valence-electron chi connectivity index (χ4n) is 1.48. The predicted octanol–water partition coefficient (Wildman–Crippen LogP) is -0.153. The van der Waals surface area contributed by atoms with E-state index in [1.54, 1.807) is 6.20 Å². The van der Waals surface area contributed by atoms with Crippen molar-refractivity contribution in [3.8, 4) is 0 Å². The van der Waals surface area contributed by atoms with Gasteiger partial charge in [-0.1, -0.05) is 0 Å². The average molecular weight is 165 g/mol. The van der Waals surface area contributed by atoms with Crippen molar-refractivity contribution < 1.29 is 0 Å². The number of H-pyrrole nitrogens is 1. The summed E-state index contributed by atoms with van der Waals surface area (Å²) < 4.78 is 0. The first kappa shape index (κ1) is 7.49. The van der Waals surface area contributed by atoms with Crippen LogP contribution in [0.15, 0.2) is 17.1 Å². The van der Waals surface area contributed by atoms with Crippen molar-refractivity contribution in [1.29, 1.82) is 0 Å². The molecule has 64 valence electrons. The summed E-state index contributed by atoms with van der Waals surface area (Å²) in [5.41, 5.74) is -0.0631. The molecular formula is C8H11N3O. The molecule has 1 aromatic heterocycles. The van der Waals surface area contributed by atoms with Gasteiger partial charge in [0.1, 0.15) is 5.82 Å². The molecule has 1 unspecified atom stereocenters. The number of nitrogens with one attached hydrogen (secondary N) is 2. The Labute approximate surface area is 70.0 Å². The zero-order valence-corrected chi connectivity index (χ0v) is 6.71. The number of hydrogen-bond acceptors (Lipinski definition) is 3. The summed E-state index contributed by atoms with van der Waals surface area (Å²) in [5.74, 6) is 1.20. The van der Waals surface area contributed by atoms with E-state index in [1.807, 2.05) is 0 Å². The molecule has 0 radical (unpaired) electrons. The number of aromatic amines is 1. The summed E-state index contributed by atoms with van der Waals surface area (Å²) in [4.78, 5) is 17.8. The fourth-order valence-corrected chi connectivity index (χ4v) is 1.48. The Bertz CT molecular complexity index is 314. The molecule has 1 aliphatic rings. The molecule has 1 aliphatic heterocycles. The smallest absolute Gasteiger partial charge is 0.250 e. The van der Waals surface area contributed by atoms with Crippen LogP contribution in [0.25, 0.3) is 0 Å². The van der Waals surface area contributed by atoms with Crippen LogP contribution in [0.4, 0.5) is 0 Å². The molecule has 12 heavy (non-hydrogen) atoms. The summed E-state index contributed by atoms with van der Waals surface area (Å²) in [6.07, 6.45) is 2.62. The summed E-state index contributed by atoms with van der Waals surface area (Å²) >= 11 is 0. The van der Waals surface area contributed by atoms with Crippen molar-refractivity contribution >= 4 is 0 Å². The van der Waals surface area contributed by atoms with E-state index in [-0.39, 0.29) is 5.56 Å². The molecule has 2 N–H and O–H groups in total. The molecule has 0 saturated carbocycles. The molecule has 4 nitrogen and oxygen atoms in total. The van der Waals surface area contributed by atoms with E-state index in [1.165, 1.54) is 6.07 Å². The minimum atomic E-state index is -0.0631. The van der Waals surface area contributed by atoms with Crippen LogP contribution in [0.2, 0.25) is 0 Å². The van der Waals surface area contributed by atoms with Crippen molar-refractivity contribution in [2.45, 2.75) is 12.3 Å². The van der Waals surface area contributed by atoms with Crippen LogP contribution >= 0.6 is 0 Å². The van der Waals surface area contributed by atoms with Gasteiger partial charge in [-0.15, -0.1) is 0 Å². The monoisotopic (exact) mass is 165 g/mol. The molecule has 0 aliphatic carbocycles. The van der Waals surface area contributed by atoms with Gasteiger partial charge in [-0.25, -0.2) is 4.98 Å². The lowest BCUT2D eigenvalue weighted by atomic mass is 10.1. The second-order valence-electron chi connectivity index (χ2n) is 3.01. The Morgan fingerprint density at radius 1 is 1.58 bits per heavy atom. The third kappa shape index (κ3) is 1.38. The first-order chi connectivity index (χ1) is 5.86. The van der Waals surface area contributed by atoms with Gasteiger partial charge in [0.2, 0.25) is 0 Å². The highest BCUT2D eigenvalue weighted by Gasteiger charge is 2.17. The molecule has 2 rings (SSSR count). The first-order valence-corrected chi connectivity index (χ1v) is 4.12. The topological polar surface area (TPSA) is 57.8 Å². The SMILES string of the molecule is O=c1ccnc(C2CCNC2)[nH]1. The van der Waals surface area contributed by atoms with E-state index in [0.717, 1.165) is 25.3 Å². The Kier molecular flexibility index (Phi) is 1.91. The third-order valence-electron chi connectivity index (χ3n) is 2.14. The zero-order chi connectivity index (χ0) is 8.39. The molecule has 1 saturated heterocycles. The first-order valence-electron chi connectivity index (χ1n) is 4.12. The molecule has 1 aromatic rings. The van der Waals surface area contributed by atoms with E-state index in [0.29, 0.717) is 5.92 Å². The van der Waals surface area contributed by atoms with Gasteiger partial charge in [0.15, 0.2) is 0 Å². The Morgan fingerprint density at radius 2 is 2.50 bits per heavy atom.